The van der Waals surface area contributed by atoms with Crippen LogP contribution in [0.15, 0.2) is 0 Å². The van der Waals surface area contributed by atoms with E-state index in [1.807, 2.05) is 0 Å². The van der Waals surface area contributed by atoms with Crippen LogP contribution in [0, 0.1) is 5.92 Å². The molecule has 0 spiro atoms. The first-order chi connectivity index (χ1) is 7.36. The summed E-state index contributed by atoms with van der Waals surface area (Å²) < 4.78 is 10.9. The fourth-order valence-electron chi connectivity index (χ4n) is 1.72. The molecule has 3 heteroatoms. The summed E-state index contributed by atoms with van der Waals surface area (Å²) in [7, 11) is 0. The maximum atomic E-state index is 10.4. The lowest BCUT2D eigenvalue weighted by molar-refractivity contribution is -0.200. The van der Waals surface area contributed by atoms with Gasteiger partial charge < -0.3 is 14.3 Å². The van der Waals surface area contributed by atoms with E-state index < -0.39 is 0 Å². The molecular formula is C12H22O3. The molecule has 1 aliphatic heterocycles. The Kier molecular flexibility index (Phi) is 6.60. The number of carbonyl (C=O) groups excluding carboxylic acids is 1. The summed E-state index contributed by atoms with van der Waals surface area (Å²) >= 11 is 0. The van der Waals surface area contributed by atoms with Gasteiger partial charge >= 0.3 is 0 Å². The van der Waals surface area contributed by atoms with Crippen molar-refractivity contribution in [1.82, 2.24) is 0 Å². The topological polar surface area (TPSA) is 35.5 Å². The van der Waals surface area contributed by atoms with E-state index in [2.05, 4.69) is 6.92 Å². The van der Waals surface area contributed by atoms with Gasteiger partial charge in [0.05, 0.1) is 19.1 Å². The van der Waals surface area contributed by atoms with Gasteiger partial charge in [0.15, 0.2) is 6.29 Å². The molecule has 15 heavy (non-hydrogen) atoms. The van der Waals surface area contributed by atoms with Crippen LogP contribution in [0.5, 0.6) is 0 Å². The Labute approximate surface area is 92.1 Å². The smallest absolute Gasteiger partial charge is 0.157 e. The fraction of sp³-hybridized carbons (Fsp3) is 0.917. The Hall–Kier alpha value is -0.410. The number of unbranched alkanes of at least 4 members (excludes halogenated alkanes) is 4. The standard InChI is InChI=1S/C12H22O3/c1-2-3-4-5-6-7-12-14-9-11(8-13)10-15-12/h8,11-12H,2-7,9-10H2,1H3. The van der Waals surface area contributed by atoms with Crippen molar-refractivity contribution in [1.29, 1.82) is 0 Å². The summed E-state index contributed by atoms with van der Waals surface area (Å²) in [6, 6.07) is 0. The van der Waals surface area contributed by atoms with Crippen LogP contribution < -0.4 is 0 Å². The molecule has 0 aliphatic carbocycles. The maximum absolute atomic E-state index is 10.4. The minimum Gasteiger partial charge on any atom is -0.352 e. The van der Waals surface area contributed by atoms with Crippen molar-refractivity contribution in [2.75, 3.05) is 13.2 Å². The van der Waals surface area contributed by atoms with Gasteiger partial charge in [-0.15, -0.1) is 0 Å². The average Bonchev–Trinajstić information content (AvgIpc) is 2.30. The zero-order valence-electron chi connectivity index (χ0n) is 9.61. The van der Waals surface area contributed by atoms with Crippen molar-refractivity contribution in [2.24, 2.45) is 5.92 Å². The molecule has 1 rings (SSSR count). The Bertz CT molecular complexity index is 162. The van der Waals surface area contributed by atoms with E-state index in [4.69, 9.17) is 9.47 Å². The van der Waals surface area contributed by atoms with Crippen molar-refractivity contribution in [3.8, 4) is 0 Å². The summed E-state index contributed by atoms with van der Waals surface area (Å²) in [6.07, 6.45) is 8.14. The van der Waals surface area contributed by atoms with Gasteiger partial charge in [-0.2, -0.15) is 0 Å². The van der Waals surface area contributed by atoms with Crippen molar-refractivity contribution >= 4 is 6.29 Å². The highest BCUT2D eigenvalue weighted by atomic mass is 16.7. The quantitative estimate of drug-likeness (QED) is 0.482. The third kappa shape index (κ3) is 5.28. The number of ether oxygens (including phenoxy) is 2. The van der Waals surface area contributed by atoms with E-state index in [9.17, 15) is 4.79 Å². The molecule has 0 aromatic heterocycles. The van der Waals surface area contributed by atoms with Crippen molar-refractivity contribution < 1.29 is 14.3 Å². The molecule has 0 bridgehead atoms. The number of hydrogen-bond donors (Lipinski definition) is 0. The first-order valence-corrected chi connectivity index (χ1v) is 6.05. The molecule has 3 nitrogen and oxygen atoms in total. The highest BCUT2D eigenvalue weighted by Gasteiger charge is 2.20. The van der Waals surface area contributed by atoms with Gasteiger partial charge in [0.25, 0.3) is 0 Å². The normalized spacial score (nSPS) is 26.5. The Balaban J connectivity index is 1.96. The van der Waals surface area contributed by atoms with Crippen molar-refractivity contribution in [3.05, 3.63) is 0 Å². The molecule has 1 saturated heterocycles. The van der Waals surface area contributed by atoms with Gasteiger partial charge in [0.2, 0.25) is 0 Å². The summed E-state index contributed by atoms with van der Waals surface area (Å²) in [5.41, 5.74) is 0. The molecule has 88 valence electrons. The van der Waals surface area contributed by atoms with Crippen LogP contribution in [-0.2, 0) is 14.3 Å². The molecule has 0 saturated carbocycles. The first-order valence-electron chi connectivity index (χ1n) is 6.05. The summed E-state index contributed by atoms with van der Waals surface area (Å²) in [6.45, 7) is 3.28. The minimum atomic E-state index is -0.0668. The monoisotopic (exact) mass is 214 g/mol. The summed E-state index contributed by atoms with van der Waals surface area (Å²) in [5, 5.41) is 0. The number of rotatable bonds is 7. The zero-order chi connectivity index (χ0) is 10.9. The van der Waals surface area contributed by atoms with Crippen molar-refractivity contribution in [2.45, 2.75) is 51.7 Å². The Morgan fingerprint density at radius 1 is 1.13 bits per heavy atom. The van der Waals surface area contributed by atoms with E-state index in [-0.39, 0.29) is 12.2 Å². The molecule has 1 heterocycles. The van der Waals surface area contributed by atoms with E-state index in [1.54, 1.807) is 0 Å². The predicted molar refractivity (Wildman–Crippen MR) is 58.6 cm³/mol. The molecule has 0 amide bonds. The van der Waals surface area contributed by atoms with Gasteiger partial charge in [-0.1, -0.05) is 32.6 Å². The summed E-state index contributed by atoms with van der Waals surface area (Å²) in [4.78, 5) is 10.4. The molecule has 0 aromatic rings. The predicted octanol–water partition coefficient (Wildman–Crippen LogP) is 2.53. The van der Waals surface area contributed by atoms with Gasteiger partial charge in [0, 0.05) is 0 Å². The number of aldehydes is 1. The van der Waals surface area contributed by atoms with E-state index in [0.717, 1.165) is 19.1 Å². The lowest BCUT2D eigenvalue weighted by atomic mass is 10.1. The largest absolute Gasteiger partial charge is 0.352 e. The second kappa shape index (κ2) is 7.83. The molecule has 0 radical (unpaired) electrons. The molecule has 0 atom stereocenters. The maximum Gasteiger partial charge on any atom is 0.157 e. The highest BCUT2D eigenvalue weighted by Crippen LogP contribution is 2.15. The Morgan fingerprint density at radius 2 is 1.80 bits per heavy atom. The molecular weight excluding hydrogens is 192 g/mol. The van der Waals surface area contributed by atoms with Crippen molar-refractivity contribution in [3.63, 3.8) is 0 Å². The molecule has 1 aliphatic rings. The molecule has 0 aromatic carbocycles. The van der Waals surface area contributed by atoms with Crippen LogP contribution in [0.1, 0.15) is 45.4 Å². The second-order valence-corrected chi connectivity index (χ2v) is 4.20. The van der Waals surface area contributed by atoms with E-state index in [1.165, 1.54) is 25.7 Å². The molecule has 0 N–H and O–H groups in total. The van der Waals surface area contributed by atoms with Crippen LogP contribution in [0.25, 0.3) is 0 Å². The number of carbonyl (C=O) groups is 1. The molecule has 0 unspecified atom stereocenters. The summed E-state index contributed by atoms with van der Waals surface area (Å²) in [5.74, 6) is -0.0543. The van der Waals surface area contributed by atoms with Gasteiger partial charge in [0.1, 0.15) is 6.29 Å². The van der Waals surface area contributed by atoms with Crippen LogP contribution in [-0.4, -0.2) is 25.8 Å². The fourth-order valence-corrected chi connectivity index (χ4v) is 1.72. The van der Waals surface area contributed by atoms with Crippen LogP contribution in [0.2, 0.25) is 0 Å². The van der Waals surface area contributed by atoms with Crippen LogP contribution >= 0.6 is 0 Å². The van der Waals surface area contributed by atoms with Crippen LogP contribution in [0.3, 0.4) is 0 Å². The SMILES string of the molecule is CCCCCCCC1OCC(C=O)CO1. The lowest BCUT2D eigenvalue weighted by Gasteiger charge is -2.26. The van der Waals surface area contributed by atoms with E-state index >= 15 is 0 Å². The minimum absolute atomic E-state index is 0.0543. The van der Waals surface area contributed by atoms with Gasteiger partial charge in [-0.3, -0.25) is 0 Å². The number of hydrogen-bond acceptors (Lipinski definition) is 3. The first kappa shape index (κ1) is 12.7. The van der Waals surface area contributed by atoms with Crippen LogP contribution in [0.4, 0.5) is 0 Å². The average molecular weight is 214 g/mol. The third-order valence-electron chi connectivity index (χ3n) is 2.73. The second-order valence-electron chi connectivity index (χ2n) is 4.20. The van der Waals surface area contributed by atoms with Gasteiger partial charge in [-0.05, 0) is 12.8 Å². The Morgan fingerprint density at radius 3 is 2.40 bits per heavy atom. The third-order valence-corrected chi connectivity index (χ3v) is 2.73. The highest BCUT2D eigenvalue weighted by molar-refractivity contribution is 5.53. The van der Waals surface area contributed by atoms with Gasteiger partial charge in [-0.25, -0.2) is 0 Å². The van der Waals surface area contributed by atoms with E-state index in [0.29, 0.717) is 13.2 Å². The molecule has 1 fully saturated rings. The zero-order valence-corrected chi connectivity index (χ0v) is 9.61. The lowest BCUT2D eigenvalue weighted by Crippen LogP contribution is -2.32.